The first kappa shape index (κ1) is 20.0. The minimum absolute atomic E-state index is 0.0273. The van der Waals surface area contributed by atoms with E-state index in [9.17, 15) is 8.42 Å². The van der Waals surface area contributed by atoms with Crippen molar-refractivity contribution in [3.63, 3.8) is 0 Å². The van der Waals surface area contributed by atoms with Crippen LogP contribution in [0, 0.1) is 13.8 Å². The average Bonchev–Trinajstić information content (AvgIpc) is 2.65. The number of sulfonamides is 1. The normalized spacial score (nSPS) is 17.7. The molecule has 3 rings (SSSR count). The summed E-state index contributed by atoms with van der Waals surface area (Å²) in [6.45, 7) is 8.23. The third-order valence-corrected chi connectivity index (χ3v) is 6.68. The molecule has 1 aliphatic heterocycles. The number of benzene rings is 2. The van der Waals surface area contributed by atoms with Crippen molar-refractivity contribution in [2.45, 2.75) is 24.8 Å². The number of nitrogens with one attached hydrogen (secondary N) is 1. The van der Waals surface area contributed by atoms with Crippen molar-refractivity contribution in [1.82, 2.24) is 14.5 Å². The van der Waals surface area contributed by atoms with E-state index in [1.165, 1.54) is 5.56 Å². The van der Waals surface area contributed by atoms with Gasteiger partial charge in [-0.15, -0.1) is 0 Å². The Balaban J connectivity index is 1.78. The second kappa shape index (κ2) is 8.52. The first-order valence-electron chi connectivity index (χ1n) is 9.41. The molecule has 2 aromatic rings. The van der Waals surface area contributed by atoms with Crippen molar-refractivity contribution in [1.29, 1.82) is 0 Å². The van der Waals surface area contributed by atoms with Crippen molar-refractivity contribution in [3.05, 3.63) is 65.2 Å². The highest BCUT2D eigenvalue weighted by Gasteiger charge is 2.26. The Hall–Kier alpha value is -1.73. The lowest BCUT2D eigenvalue weighted by molar-refractivity contribution is 0.113. The van der Waals surface area contributed by atoms with E-state index in [2.05, 4.69) is 52.8 Å². The fraction of sp³-hybridized carbons (Fsp3) is 0.429. The predicted molar refractivity (Wildman–Crippen MR) is 109 cm³/mol. The van der Waals surface area contributed by atoms with Crippen molar-refractivity contribution in [2.75, 3.05) is 39.8 Å². The van der Waals surface area contributed by atoms with Crippen LogP contribution in [0.4, 0.5) is 0 Å². The first-order valence-corrected chi connectivity index (χ1v) is 10.9. The zero-order chi connectivity index (χ0) is 19.4. The molecule has 0 spiro atoms. The molecule has 0 aromatic heterocycles. The molecule has 0 amide bonds. The summed E-state index contributed by atoms with van der Waals surface area (Å²) in [6, 6.07) is 15.4. The van der Waals surface area contributed by atoms with E-state index in [1.807, 2.05) is 19.1 Å². The lowest BCUT2D eigenvalue weighted by Crippen LogP contribution is -2.48. The summed E-state index contributed by atoms with van der Waals surface area (Å²) in [5, 5.41) is 0. The molecule has 0 aliphatic carbocycles. The van der Waals surface area contributed by atoms with E-state index in [0.29, 0.717) is 11.4 Å². The number of likely N-dealkylation sites (N-methyl/N-ethyl adjacent to an activating group) is 1. The van der Waals surface area contributed by atoms with Crippen molar-refractivity contribution in [3.8, 4) is 0 Å². The number of hydrogen-bond acceptors (Lipinski definition) is 4. The van der Waals surface area contributed by atoms with Gasteiger partial charge in [0.05, 0.1) is 4.90 Å². The van der Waals surface area contributed by atoms with Gasteiger partial charge in [0.1, 0.15) is 0 Å². The van der Waals surface area contributed by atoms with Gasteiger partial charge in [-0.3, -0.25) is 4.90 Å². The van der Waals surface area contributed by atoms with Gasteiger partial charge in [-0.05, 0) is 38.6 Å². The molecule has 1 N–H and O–H groups in total. The van der Waals surface area contributed by atoms with E-state index in [4.69, 9.17) is 0 Å². The van der Waals surface area contributed by atoms with Gasteiger partial charge in [0.2, 0.25) is 10.0 Å². The van der Waals surface area contributed by atoms with Gasteiger partial charge >= 0.3 is 0 Å². The second-order valence-corrected chi connectivity index (χ2v) is 9.20. The maximum Gasteiger partial charge on any atom is 0.240 e. The fourth-order valence-electron chi connectivity index (χ4n) is 3.37. The predicted octanol–water partition coefficient (Wildman–Crippen LogP) is 2.57. The van der Waals surface area contributed by atoms with Crippen LogP contribution >= 0.6 is 0 Å². The molecule has 27 heavy (non-hydrogen) atoms. The van der Waals surface area contributed by atoms with E-state index >= 15 is 0 Å². The highest BCUT2D eigenvalue weighted by atomic mass is 32.2. The molecule has 1 aliphatic rings. The third-order valence-electron chi connectivity index (χ3n) is 5.24. The van der Waals surface area contributed by atoms with Crippen molar-refractivity contribution < 1.29 is 8.42 Å². The van der Waals surface area contributed by atoms with E-state index in [0.717, 1.165) is 37.3 Å². The molecule has 0 saturated carbocycles. The van der Waals surface area contributed by atoms with Gasteiger partial charge in [-0.25, -0.2) is 13.1 Å². The Kier molecular flexibility index (Phi) is 6.32. The van der Waals surface area contributed by atoms with Crippen LogP contribution in [0.25, 0.3) is 0 Å². The number of rotatable bonds is 6. The average molecular weight is 388 g/mol. The summed E-state index contributed by atoms with van der Waals surface area (Å²) >= 11 is 0. The molecule has 1 saturated heterocycles. The Morgan fingerprint density at radius 2 is 1.41 bits per heavy atom. The monoisotopic (exact) mass is 387 g/mol. The van der Waals surface area contributed by atoms with E-state index in [-0.39, 0.29) is 6.04 Å². The quantitative estimate of drug-likeness (QED) is 0.828. The molecule has 146 valence electrons. The molecule has 1 fully saturated rings. The Morgan fingerprint density at radius 3 is 1.96 bits per heavy atom. The number of piperazine rings is 1. The number of aryl methyl sites for hydroxylation is 2. The van der Waals surface area contributed by atoms with Crippen LogP contribution in [0.15, 0.2) is 53.4 Å². The molecular formula is C21H29N3O2S. The van der Waals surface area contributed by atoms with Gasteiger partial charge in [0, 0.05) is 38.8 Å². The standard InChI is InChI=1S/C21H29N3O2S/c1-17-4-8-19(9-5-17)21(24-14-12-23(3)13-15-24)16-22-27(25,26)20-10-6-18(2)7-11-20/h4-11,21-22H,12-16H2,1-3H3/t21-/m1/s1. The molecular weight excluding hydrogens is 358 g/mol. The molecule has 1 heterocycles. The lowest BCUT2D eigenvalue weighted by atomic mass is 10.0. The lowest BCUT2D eigenvalue weighted by Gasteiger charge is -2.38. The summed E-state index contributed by atoms with van der Waals surface area (Å²) < 4.78 is 28.3. The minimum Gasteiger partial charge on any atom is -0.304 e. The highest BCUT2D eigenvalue weighted by molar-refractivity contribution is 7.89. The van der Waals surface area contributed by atoms with Gasteiger partial charge in [-0.2, -0.15) is 0 Å². The van der Waals surface area contributed by atoms with Gasteiger partial charge in [0.25, 0.3) is 0 Å². The van der Waals surface area contributed by atoms with Crippen LogP contribution in [0.2, 0.25) is 0 Å². The molecule has 6 heteroatoms. The smallest absolute Gasteiger partial charge is 0.240 e. The second-order valence-electron chi connectivity index (χ2n) is 7.43. The molecule has 2 aromatic carbocycles. The minimum atomic E-state index is -3.52. The fourth-order valence-corrected chi connectivity index (χ4v) is 4.41. The zero-order valence-electron chi connectivity index (χ0n) is 16.4. The zero-order valence-corrected chi connectivity index (χ0v) is 17.2. The van der Waals surface area contributed by atoms with Gasteiger partial charge in [-0.1, -0.05) is 47.5 Å². The Labute approximate surface area is 163 Å². The number of hydrogen-bond donors (Lipinski definition) is 1. The summed E-state index contributed by atoms with van der Waals surface area (Å²) in [7, 11) is -1.40. The maximum absolute atomic E-state index is 12.7. The summed E-state index contributed by atoms with van der Waals surface area (Å²) in [4.78, 5) is 5.00. The third kappa shape index (κ3) is 5.17. The molecule has 5 nitrogen and oxygen atoms in total. The Morgan fingerprint density at radius 1 is 0.889 bits per heavy atom. The number of nitrogens with zero attached hydrogens (tertiary/aromatic N) is 2. The van der Waals surface area contributed by atoms with Crippen LogP contribution in [0.5, 0.6) is 0 Å². The Bertz CT molecular complexity index is 840. The largest absolute Gasteiger partial charge is 0.304 e. The molecule has 0 radical (unpaired) electrons. The van der Waals surface area contributed by atoms with Crippen LogP contribution in [0.1, 0.15) is 22.7 Å². The van der Waals surface area contributed by atoms with Crippen molar-refractivity contribution in [2.24, 2.45) is 0 Å². The van der Waals surface area contributed by atoms with Crippen LogP contribution < -0.4 is 4.72 Å². The summed E-state index contributed by atoms with van der Waals surface area (Å²) in [5.74, 6) is 0. The van der Waals surface area contributed by atoms with Gasteiger partial charge in [0.15, 0.2) is 0 Å². The first-order chi connectivity index (χ1) is 12.8. The molecule has 0 bridgehead atoms. The topological polar surface area (TPSA) is 52.7 Å². The highest BCUT2D eigenvalue weighted by Crippen LogP contribution is 2.23. The van der Waals surface area contributed by atoms with Crippen LogP contribution in [-0.2, 0) is 10.0 Å². The molecule has 1 atom stereocenters. The van der Waals surface area contributed by atoms with Crippen LogP contribution in [0.3, 0.4) is 0 Å². The summed E-state index contributed by atoms with van der Waals surface area (Å²) in [6.07, 6.45) is 0. The van der Waals surface area contributed by atoms with E-state index < -0.39 is 10.0 Å². The van der Waals surface area contributed by atoms with E-state index in [1.54, 1.807) is 12.1 Å². The van der Waals surface area contributed by atoms with Gasteiger partial charge < -0.3 is 4.90 Å². The SMILES string of the molecule is Cc1ccc([C@@H](CNS(=O)(=O)c2ccc(C)cc2)N2CCN(C)CC2)cc1. The maximum atomic E-state index is 12.7. The molecule has 0 unspecified atom stereocenters. The summed E-state index contributed by atoms with van der Waals surface area (Å²) in [5.41, 5.74) is 3.40. The van der Waals surface area contributed by atoms with Crippen molar-refractivity contribution >= 4 is 10.0 Å². The van der Waals surface area contributed by atoms with Crippen LogP contribution in [-0.4, -0.2) is 58.0 Å².